The summed E-state index contributed by atoms with van der Waals surface area (Å²) in [5.74, 6) is 0. The lowest BCUT2D eigenvalue weighted by Crippen LogP contribution is -2.28. The molecule has 2 heteroatoms. The van der Waals surface area contributed by atoms with Gasteiger partial charge in [-0.2, -0.15) is 0 Å². The highest BCUT2D eigenvalue weighted by molar-refractivity contribution is 6.83. The second-order valence-electron chi connectivity index (χ2n) is 5.26. The summed E-state index contributed by atoms with van der Waals surface area (Å²) >= 11 is 0. The lowest BCUT2D eigenvalue weighted by molar-refractivity contribution is 0.743. The molecule has 0 saturated heterocycles. The largest absolute Gasteiger partial charge is 0.381 e. The first-order chi connectivity index (χ1) is 7.57. The van der Waals surface area contributed by atoms with Gasteiger partial charge in [-0.1, -0.05) is 62.1 Å². The van der Waals surface area contributed by atoms with Crippen LogP contribution in [0.15, 0.2) is 53.9 Å². The molecule has 0 aromatic heterocycles. The molecular formula is C14H19NSi. The number of benzene rings is 1. The first-order valence-electron chi connectivity index (χ1n) is 5.77. The van der Waals surface area contributed by atoms with E-state index in [1.165, 1.54) is 10.8 Å². The fourth-order valence-corrected chi connectivity index (χ4v) is 2.93. The molecule has 0 aliphatic carbocycles. The van der Waals surface area contributed by atoms with Gasteiger partial charge in [0.15, 0.2) is 0 Å². The molecule has 1 nitrogen and oxygen atoms in total. The third kappa shape index (κ3) is 2.45. The molecule has 1 heterocycles. The Morgan fingerprint density at radius 3 is 2.25 bits per heavy atom. The zero-order valence-corrected chi connectivity index (χ0v) is 11.2. The number of hydrogen-bond donors (Lipinski definition) is 1. The molecule has 1 aromatic rings. The lowest BCUT2D eigenvalue weighted by Gasteiger charge is -2.25. The van der Waals surface area contributed by atoms with Crippen LogP contribution in [0, 0.1) is 0 Å². The Labute approximate surface area is 98.9 Å². The Hall–Kier alpha value is -1.28. The van der Waals surface area contributed by atoms with Crippen molar-refractivity contribution in [1.29, 1.82) is 0 Å². The number of allylic oxidation sites excluding steroid dienone is 2. The Balaban J connectivity index is 2.13. The van der Waals surface area contributed by atoms with Gasteiger partial charge in [0.2, 0.25) is 0 Å². The van der Waals surface area contributed by atoms with E-state index in [1.807, 2.05) is 0 Å². The van der Waals surface area contributed by atoms with E-state index >= 15 is 0 Å². The maximum Gasteiger partial charge on any atom is 0.0794 e. The Kier molecular flexibility index (Phi) is 3.01. The molecule has 0 spiro atoms. The Morgan fingerprint density at radius 1 is 1.06 bits per heavy atom. The first kappa shape index (κ1) is 11.2. The Morgan fingerprint density at radius 2 is 1.75 bits per heavy atom. The minimum absolute atomic E-state index is 0.335. The van der Waals surface area contributed by atoms with Gasteiger partial charge in [-0.3, -0.25) is 0 Å². The average Bonchev–Trinajstić information content (AvgIpc) is 2.29. The van der Waals surface area contributed by atoms with Crippen molar-refractivity contribution in [3.63, 3.8) is 0 Å². The van der Waals surface area contributed by atoms with Crippen LogP contribution in [0.4, 0.5) is 0 Å². The normalized spacial score (nSPS) is 20.2. The zero-order chi connectivity index (χ0) is 11.6. The minimum Gasteiger partial charge on any atom is -0.381 e. The van der Waals surface area contributed by atoms with Crippen LogP contribution in [0.1, 0.15) is 11.6 Å². The standard InChI is InChI=1S/C14H19NSi/c1-16(2,3)13-9-10-14(15-11-13)12-7-5-4-6-8-12/h4-11,14-15H,1-3H3. The summed E-state index contributed by atoms with van der Waals surface area (Å²) in [6.45, 7) is 7.11. The van der Waals surface area contributed by atoms with E-state index in [0.29, 0.717) is 6.04 Å². The van der Waals surface area contributed by atoms with Gasteiger partial charge >= 0.3 is 0 Å². The van der Waals surface area contributed by atoms with Crippen LogP contribution in [0.5, 0.6) is 0 Å². The van der Waals surface area contributed by atoms with E-state index in [1.54, 1.807) is 0 Å². The molecule has 0 bridgehead atoms. The first-order valence-corrected chi connectivity index (χ1v) is 9.27. The smallest absolute Gasteiger partial charge is 0.0794 e. The predicted molar refractivity (Wildman–Crippen MR) is 72.9 cm³/mol. The van der Waals surface area contributed by atoms with E-state index in [-0.39, 0.29) is 0 Å². The van der Waals surface area contributed by atoms with Gasteiger partial charge in [0.05, 0.1) is 14.1 Å². The van der Waals surface area contributed by atoms with E-state index in [9.17, 15) is 0 Å². The van der Waals surface area contributed by atoms with E-state index in [2.05, 4.69) is 73.6 Å². The van der Waals surface area contributed by atoms with Crippen LogP contribution in [-0.4, -0.2) is 8.07 Å². The Bertz CT molecular complexity index is 412. The summed E-state index contributed by atoms with van der Waals surface area (Å²) in [5.41, 5.74) is 1.32. The third-order valence-corrected chi connectivity index (χ3v) is 4.95. The van der Waals surface area contributed by atoms with Gasteiger partial charge < -0.3 is 5.32 Å². The second kappa shape index (κ2) is 4.30. The molecule has 16 heavy (non-hydrogen) atoms. The highest BCUT2D eigenvalue weighted by Gasteiger charge is 2.20. The SMILES string of the molecule is C[Si](C)(C)C1=CNC(c2ccccc2)C=C1. The van der Waals surface area contributed by atoms with Crippen molar-refractivity contribution in [2.45, 2.75) is 25.7 Å². The molecule has 1 unspecified atom stereocenters. The van der Waals surface area contributed by atoms with Crippen molar-refractivity contribution in [2.75, 3.05) is 0 Å². The molecule has 1 aliphatic heterocycles. The van der Waals surface area contributed by atoms with Crippen LogP contribution in [-0.2, 0) is 0 Å². The molecule has 1 N–H and O–H groups in total. The third-order valence-electron chi connectivity index (χ3n) is 2.91. The van der Waals surface area contributed by atoms with Gasteiger partial charge in [-0.05, 0) is 17.0 Å². The predicted octanol–water partition coefficient (Wildman–Crippen LogP) is 3.65. The topological polar surface area (TPSA) is 12.0 Å². The lowest BCUT2D eigenvalue weighted by atomic mass is 10.1. The zero-order valence-electron chi connectivity index (χ0n) is 10.2. The molecule has 2 rings (SSSR count). The molecule has 0 amide bonds. The molecule has 0 fully saturated rings. The molecule has 1 atom stereocenters. The average molecular weight is 229 g/mol. The van der Waals surface area contributed by atoms with Crippen molar-refractivity contribution < 1.29 is 0 Å². The quantitative estimate of drug-likeness (QED) is 0.763. The summed E-state index contributed by atoms with van der Waals surface area (Å²) in [7, 11) is -1.18. The van der Waals surface area contributed by atoms with Crippen molar-refractivity contribution in [3.8, 4) is 0 Å². The summed E-state index contributed by atoms with van der Waals surface area (Å²) in [5, 5.41) is 4.96. The summed E-state index contributed by atoms with van der Waals surface area (Å²) in [6.07, 6.45) is 6.76. The fourth-order valence-electron chi connectivity index (χ4n) is 1.82. The van der Waals surface area contributed by atoms with Crippen molar-refractivity contribution >= 4 is 8.07 Å². The van der Waals surface area contributed by atoms with Crippen LogP contribution >= 0.6 is 0 Å². The molecule has 0 radical (unpaired) electrons. The molecule has 1 aliphatic rings. The van der Waals surface area contributed by atoms with Crippen LogP contribution in [0.25, 0.3) is 0 Å². The van der Waals surface area contributed by atoms with Gasteiger partial charge in [-0.25, -0.2) is 0 Å². The maximum atomic E-state index is 3.48. The molecule has 0 saturated carbocycles. The highest BCUT2D eigenvalue weighted by Crippen LogP contribution is 2.23. The minimum atomic E-state index is -1.18. The highest BCUT2D eigenvalue weighted by atomic mass is 28.3. The van der Waals surface area contributed by atoms with Crippen molar-refractivity contribution in [2.24, 2.45) is 0 Å². The van der Waals surface area contributed by atoms with Crippen molar-refractivity contribution in [1.82, 2.24) is 5.32 Å². The summed E-state index contributed by atoms with van der Waals surface area (Å²) in [6, 6.07) is 10.9. The summed E-state index contributed by atoms with van der Waals surface area (Å²) < 4.78 is 0. The van der Waals surface area contributed by atoms with Gasteiger partial charge in [-0.15, -0.1) is 0 Å². The van der Waals surface area contributed by atoms with E-state index in [4.69, 9.17) is 0 Å². The maximum absolute atomic E-state index is 3.48. The number of hydrogen-bond acceptors (Lipinski definition) is 1. The van der Waals surface area contributed by atoms with Crippen LogP contribution in [0.3, 0.4) is 0 Å². The van der Waals surface area contributed by atoms with Gasteiger partial charge in [0.25, 0.3) is 0 Å². The monoisotopic (exact) mass is 229 g/mol. The van der Waals surface area contributed by atoms with Crippen LogP contribution in [0.2, 0.25) is 19.6 Å². The number of dihydropyridines is 1. The van der Waals surface area contributed by atoms with Crippen LogP contribution < -0.4 is 5.32 Å². The number of nitrogens with one attached hydrogen (secondary N) is 1. The fraction of sp³-hybridized carbons (Fsp3) is 0.286. The number of rotatable bonds is 2. The van der Waals surface area contributed by atoms with E-state index < -0.39 is 8.07 Å². The molecule has 84 valence electrons. The van der Waals surface area contributed by atoms with E-state index in [0.717, 1.165) is 0 Å². The van der Waals surface area contributed by atoms with Gasteiger partial charge in [0.1, 0.15) is 0 Å². The second-order valence-corrected chi connectivity index (χ2v) is 10.3. The van der Waals surface area contributed by atoms with Gasteiger partial charge in [0, 0.05) is 0 Å². The van der Waals surface area contributed by atoms with Crippen molar-refractivity contribution in [3.05, 3.63) is 59.4 Å². The molecular weight excluding hydrogens is 210 g/mol. The molecule has 1 aromatic carbocycles. The summed E-state index contributed by atoms with van der Waals surface area (Å²) in [4.78, 5) is 0.